The molecule has 0 spiro atoms. The molecule has 0 saturated carbocycles. The number of hydrogen-bond acceptors (Lipinski definition) is 4. The maximum Gasteiger partial charge on any atom is 0.341 e. The highest BCUT2D eigenvalue weighted by Gasteiger charge is 2.16. The van der Waals surface area contributed by atoms with Crippen LogP contribution in [0.15, 0.2) is 18.2 Å². The maximum atomic E-state index is 13.3. The predicted molar refractivity (Wildman–Crippen MR) is 57.6 cm³/mol. The zero-order valence-corrected chi connectivity index (χ0v) is 9.20. The first kappa shape index (κ1) is 12.4. The molecule has 0 aliphatic rings. The van der Waals surface area contributed by atoms with Crippen LogP contribution < -0.4 is 5.73 Å². The smallest absolute Gasteiger partial charge is 0.341 e. The van der Waals surface area contributed by atoms with E-state index in [4.69, 9.17) is 15.2 Å². The van der Waals surface area contributed by atoms with Gasteiger partial charge >= 0.3 is 5.97 Å². The van der Waals surface area contributed by atoms with Gasteiger partial charge in [-0.25, -0.2) is 9.18 Å². The number of rotatable bonds is 4. The molecule has 1 rings (SSSR count). The van der Waals surface area contributed by atoms with E-state index in [1.165, 1.54) is 19.2 Å². The number of nitrogen functional groups attached to an aromatic ring is 1. The van der Waals surface area contributed by atoms with Crippen molar-refractivity contribution in [2.45, 2.75) is 13.0 Å². The summed E-state index contributed by atoms with van der Waals surface area (Å²) in [6.45, 7) is 1.92. The number of anilines is 1. The van der Waals surface area contributed by atoms with E-state index in [1.807, 2.05) is 0 Å². The third-order valence-corrected chi connectivity index (χ3v) is 1.92. The molecule has 1 aromatic rings. The Kier molecular flexibility index (Phi) is 4.25. The van der Waals surface area contributed by atoms with E-state index in [1.54, 1.807) is 6.92 Å². The lowest BCUT2D eigenvalue weighted by Crippen LogP contribution is -2.20. The summed E-state index contributed by atoms with van der Waals surface area (Å²) in [6, 6.07) is 3.76. The van der Waals surface area contributed by atoms with Crippen LogP contribution in [0, 0.1) is 5.82 Å². The van der Waals surface area contributed by atoms with E-state index in [0.29, 0.717) is 5.69 Å². The lowest BCUT2D eigenvalue weighted by molar-refractivity contribution is 0.0116. The molecule has 0 amide bonds. The van der Waals surface area contributed by atoms with E-state index in [9.17, 15) is 9.18 Å². The Hall–Kier alpha value is -1.62. The minimum Gasteiger partial charge on any atom is -0.457 e. The Morgan fingerprint density at radius 3 is 2.88 bits per heavy atom. The van der Waals surface area contributed by atoms with Crippen molar-refractivity contribution in [2.75, 3.05) is 19.5 Å². The molecule has 16 heavy (non-hydrogen) atoms. The van der Waals surface area contributed by atoms with Gasteiger partial charge < -0.3 is 15.2 Å². The largest absolute Gasteiger partial charge is 0.457 e. The Bertz CT molecular complexity index is 381. The van der Waals surface area contributed by atoms with Gasteiger partial charge in [-0.2, -0.15) is 0 Å². The van der Waals surface area contributed by atoms with Crippen molar-refractivity contribution in [3.8, 4) is 0 Å². The molecule has 0 aliphatic heterocycles. The summed E-state index contributed by atoms with van der Waals surface area (Å²) in [6.07, 6.45) is -0.432. The molecule has 1 unspecified atom stereocenters. The van der Waals surface area contributed by atoms with E-state index in [0.717, 1.165) is 6.07 Å². The van der Waals surface area contributed by atoms with Crippen LogP contribution in [0.4, 0.5) is 10.1 Å². The zero-order chi connectivity index (χ0) is 12.1. The van der Waals surface area contributed by atoms with Gasteiger partial charge in [0.15, 0.2) is 0 Å². The highest BCUT2D eigenvalue weighted by molar-refractivity contribution is 5.90. The Morgan fingerprint density at radius 1 is 1.56 bits per heavy atom. The lowest BCUT2D eigenvalue weighted by Gasteiger charge is -2.12. The number of benzene rings is 1. The fraction of sp³-hybridized carbons (Fsp3) is 0.364. The molecule has 0 heterocycles. The average molecular weight is 227 g/mol. The van der Waals surface area contributed by atoms with Crippen LogP contribution in [-0.4, -0.2) is 25.8 Å². The molecule has 5 heteroatoms. The lowest BCUT2D eigenvalue weighted by atomic mass is 10.2. The summed E-state index contributed by atoms with van der Waals surface area (Å²) >= 11 is 0. The molecule has 2 N–H and O–H groups in total. The topological polar surface area (TPSA) is 61.5 Å². The van der Waals surface area contributed by atoms with Gasteiger partial charge in [0, 0.05) is 12.8 Å². The second-order valence-corrected chi connectivity index (χ2v) is 3.41. The number of esters is 1. The zero-order valence-electron chi connectivity index (χ0n) is 9.20. The van der Waals surface area contributed by atoms with Crippen molar-refractivity contribution in [3.05, 3.63) is 29.6 Å². The quantitative estimate of drug-likeness (QED) is 0.627. The molecule has 0 aromatic heterocycles. The van der Waals surface area contributed by atoms with E-state index < -0.39 is 17.9 Å². The number of halogens is 1. The first-order chi connectivity index (χ1) is 7.54. The number of nitrogens with two attached hydrogens (primary N) is 1. The van der Waals surface area contributed by atoms with Gasteiger partial charge in [-0.3, -0.25) is 0 Å². The molecular weight excluding hydrogens is 213 g/mol. The van der Waals surface area contributed by atoms with Crippen molar-refractivity contribution in [1.29, 1.82) is 0 Å². The summed E-state index contributed by atoms with van der Waals surface area (Å²) in [4.78, 5) is 11.5. The number of carbonyl (C=O) groups excluding carboxylic acids is 1. The SMILES string of the molecule is COCC(C)OC(=O)c1cc(N)ccc1F. The molecule has 0 saturated heterocycles. The first-order valence-electron chi connectivity index (χ1n) is 4.79. The third-order valence-electron chi connectivity index (χ3n) is 1.92. The molecular formula is C11H14FNO3. The molecule has 0 radical (unpaired) electrons. The van der Waals surface area contributed by atoms with Crippen molar-refractivity contribution in [1.82, 2.24) is 0 Å². The van der Waals surface area contributed by atoms with Crippen LogP contribution in [0.2, 0.25) is 0 Å². The normalized spacial score (nSPS) is 12.2. The van der Waals surface area contributed by atoms with Gasteiger partial charge in [-0.1, -0.05) is 0 Å². The molecule has 1 aromatic carbocycles. The second-order valence-electron chi connectivity index (χ2n) is 3.41. The van der Waals surface area contributed by atoms with E-state index in [2.05, 4.69) is 0 Å². The summed E-state index contributed by atoms with van der Waals surface area (Å²) in [7, 11) is 1.49. The van der Waals surface area contributed by atoms with Crippen LogP contribution in [-0.2, 0) is 9.47 Å². The van der Waals surface area contributed by atoms with Crippen LogP contribution in [0.3, 0.4) is 0 Å². The Morgan fingerprint density at radius 2 is 2.25 bits per heavy atom. The van der Waals surface area contributed by atoms with Crippen LogP contribution in [0.25, 0.3) is 0 Å². The molecule has 0 fully saturated rings. The Balaban J connectivity index is 2.76. The fourth-order valence-corrected chi connectivity index (χ4v) is 1.21. The monoisotopic (exact) mass is 227 g/mol. The van der Waals surface area contributed by atoms with Gasteiger partial charge in [0.05, 0.1) is 12.2 Å². The summed E-state index contributed by atoms with van der Waals surface area (Å²) in [5.41, 5.74) is 5.60. The number of methoxy groups -OCH3 is 1. The molecule has 88 valence electrons. The predicted octanol–water partition coefficient (Wildman–Crippen LogP) is 1.60. The number of ether oxygens (including phenoxy) is 2. The minimum absolute atomic E-state index is 0.164. The van der Waals surface area contributed by atoms with Crippen molar-refractivity contribution in [2.24, 2.45) is 0 Å². The molecule has 0 aliphatic carbocycles. The highest BCUT2D eigenvalue weighted by atomic mass is 19.1. The van der Waals surface area contributed by atoms with Crippen LogP contribution in [0.1, 0.15) is 17.3 Å². The van der Waals surface area contributed by atoms with Crippen LogP contribution in [0.5, 0.6) is 0 Å². The third kappa shape index (κ3) is 3.20. The van der Waals surface area contributed by atoms with E-state index in [-0.39, 0.29) is 12.2 Å². The van der Waals surface area contributed by atoms with Gasteiger partial charge in [-0.15, -0.1) is 0 Å². The van der Waals surface area contributed by atoms with Crippen molar-refractivity contribution >= 4 is 11.7 Å². The molecule has 4 nitrogen and oxygen atoms in total. The van der Waals surface area contributed by atoms with Crippen molar-refractivity contribution in [3.63, 3.8) is 0 Å². The minimum atomic E-state index is -0.741. The first-order valence-corrected chi connectivity index (χ1v) is 4.79. The summed E-state index contributed by atoms with van der Waals surface area (Å²) in [5.74, 6) is -1.39. The second kappa shape index (κ2) is 5.46. The van der Waals surface area contributed by atoms with Crippen LogP contribution >= 0.6 is 0 Å². The average Bonchev–Trinajstić information content (AvgIpc) is 2.21. The number of hydrogen-bond donors (Lipinski definition) is 1. The standard InChI is InChI=1S/C11H14FNO3/c1-7(6-15-2)16-11(14)9-5-8(13)3-4-10(9)12/h3-5,7H,6,13H2,1-2H3. The van der Waals surface area contributed by atoms with Gasteiger partial charge in [0.25, 0.3) is 0 Å². The van der Waals surface area contributed by atoms with Gasteiger partial charge in [0.1, 0.15) is 11.9 Å². The Labute approximate surface area is 93.2 Å². The maximum absolute atomic E-state index is 13.3. The fourth-order valence-electron chi connectivity index (χ4n) is 1.21. The molecule has 1 atom stereocenters. The number of carbonyl (C=O) groups is 1. The van der Waals surface area contributed by atoms with Gasteiger partial charge in [-0.05, 0) is 25.1 Å². The summed E-state index contributed by atoms with van der Waals surface area (Å²) < 4.78 is 23.0. The molecule has 0 bridgehead atoms. The van der Waals surface area contributed by atoms with E-state index >= 15 is 0 Å². The van der Waals surface area contributed by atoms with Crippen molar-refractivity contribution < 1.29 is 18.7 Å². The summed E-state index contributed by atoms with van der Waals surface area (Å²) in [5, 5.41) is 0. The highest BCUT2D eigenvalue weighted by Crippen LogP contribution is 2.14. The van der Waals surface area contributed by atoms with Gasteiger partial charge in [0.2, 0.25) is 0 Å².